The van der Waals surface area contributed by atoms with Gasteiger partial charge in [0.1, 0.15) is 4.32 Å². The topological polar surface area (TPSA) is 25.2 Å². The van der Waals surface area contributed by atoms with Crippen LogP contribution in [-0.2, 0) is 11.8 Å². The van der Waals surface area contributed by atoms with Crippen molar-refractivity contribution >= 4 is 51.2 Å². The first-order valence-electron chi connectivity index (χ1n) is 8.42. The fourth-order valence-electron chi connectivity index (χ4n) is 3.32. The van der Waals surface area contributed by atoms with Crippen LogP contribution in [-0.4, -0.2) is 19.7 Å². The van der Waals surface area contributed by atoms with Crippen LogP contribution in [0.1, 0.15) is 24.1 Å². The molecule has 1 atom stereocenters. The van der Waals surface area contributed by atoms with Gasteiger partial charge < -0.3 is 4.57 Å². The number of para-hydroxylation sites is 1. The lowest BCUT2D eigenvalue weighted by Gasteiger charge is -2.23. The maximum absolute atomic E-state index is 13.0. The molecule has 1 unspecified atom stereocenters. The maximum Gasteiger partial charge on any atom is 0.266 e. The van der Waals surface area contributed by atoms with Gasteiger partial charge in [-0.2, -0.15) is 0 Å². The normalized spacial score (nSPS) is 17.5. The van der Waals surface area contributed by atoms with Crippen molar-refractivity contribution in [3.63, 3.8) is 0 Å². The number of benzene rings is 2. The molecule has 26 heavy (non-hydrogen) atoms. The van der Waals surface area contributed by atoms with E-state index in [1.165, 1.54) is 11.8 Å². The number of hydrogen-bond acceptors (Lipinski definition) is 3. The van der Waals surface area contributed by atoms with E-state index < -0.39 is 0 Å². The van der Waals surface area contributed by atoms with Crippen LogP contribution in [0.25, 0.3) is 17.0 Å². The largest absolute Gasteiger partial charge is 0.350 e. The van der Waals surface area contributed by atoms with Crippen LogP contribution in [0.15, 0.2) is 65.7 Å². The van der Waals surface area contributed by atoms with Gasteiger partial charge in [-0.05, 0) is 24.6 Å². The first kappa shape index (κ1) is 17.1. The van der Waals surface area contributed by atoms with Crippen LogP contribution in [0.4, 0.5) is 0 Å². The predicted molar refractivity (Wildman–Crippen MR) is 113 cm³/mol. The molecule has 1 aliphatic rings. The van der Waals surface area contributed by atoms with Crippen LogP contribution in [0.2, 0.25) is 0 Å². The fourth-order valence-corrected chi connectivity index (χ4v) is 4.73. The molecular formula is C21H18N2OS2. The van der Waals surface area contributed by atoms with Crippen molar-refractivity contribution in [3.8, 4) is 0 Å². The van der Waals surface area contributed by atoms with Gasteiger partial charge in [-0.1, -0.05) is 72.5 Å². The molecule has 0 spiro atoms. The third kappa shape index (κ3) is 2.87. The van der Waals surface area contributed by atoms with Gasteiger partial charge in [-0.15, -0.1) is 0 Å². The van der Waals surface area contributed by atoms with Crippen molar-refractivity contribution in [2.75, 3.05) is 0 Å². The lowest BCUT2D eigenvalue weighted by Crippen LogP contribution is -2.30. The van der Waals surface area contributed by atoms with Crippen LogP contribution >= 0.6 is 24.0 Å². The first-order valence-corrected chi connectivity index (χ1v) is 9.65. The highest BCUT2D eigenvalue weighted by atomic mass is 32.2. The number of thioether (sulfide) groups is 1. The third-order valence-corrected chi connectivity index (χ3v) is 6.04. The summed E-state index contributed by atoms with van der Waals surface area (Å²) < 4.78 is 2.69. The van der Waals surface area contributed by atoms with E-state index in [0.717, 1.165) is 22.0 Å². The minimum absolute atomic E-state index is 0.0238. The van der Waals surface area contributed by atoms with Crippen LogP contribution in [0, 0.1) is 0 Å². The molecule has 2 aromatic carbocycles. The van der Waals surface area contributed by atoms with E-state index in [4.69, 9.17) is 12.2 Å². The van der Waals surface area contributed by atoms with E-state index in [-0.39, 0.29) is 11.9 Å². The molecule has 0 saturated carbocycles. The van der Waals surface area contributed by atoms with E-state index >= 15 is 0 Å². The van der Waals surface area contributed by atoms with Gasteiger partial charge in [0.05, 0.1) is 10.9 Å². The lowest BCUT2D eigenvalue weighted by molar-refractivity contribution is -0.123. The molecule has 1 saturated heterocycles. The Morgan fingerprint density at radius 1 is 1.08 bits per heavy atom. The molecule has 130 valence electrons. The number of hydrogen-bond donors (Lipinski definition) is 0. The van der Waals surface area contributed by atoms with E-state index in [9.17, 15) is 4.79 Å². The van der Waals surface area contributed by atoms with Crippen molar-refractivity contribution in [2.45, 2.75) is 13.0 Å². The highest BCUT2D eigenvalue weighted by Crippen LogP contribution is 2.38. The third-order valence-electron chi connectivity index (χ3n) is 4.71. The molecular weight excluding hydrogens is 360 g/mol. The second kappa shape index (κ2) is 6.74. The van der Waals surface area contributed by atoms with E-state index in [0.29, 0.717) is 9.23 Å². The summed E-state index contributed by atoms with van der Waals surface area (Å²) in [5.74, 6) is -0.0238. The summed E-state index contributed by atoms with van der Waals surface area (Å²) >= 11 is 6.89. The molecule has 1 aromatic heterocycles. The smallest absolute Gasteiger partial charge is 0.266 e. The van der Waals surface area contributed by atoms with E-state index in [2.05, 4.69) is 22.9 Å². The Kier molecular flexibility index (Phi) is 4.42. The Morgan fingerprint density at radius 2 is 1.77 bits per heavy atom. The SMILES string of the molecule is CC(c1ccccc1)N1C(=O)/C(=C/c2cn(C)c3ccccc23)SC1=S. The number of carbonyl (C=O) groups is 1. The zero-order chi connectivity index (χ0) is 18.3. The molecule has 3 aromatic rings. The van der Waals surface area contributed by atoms with Gasteiger partial charge in [-0.3, -0.25) is 9.69 Å². The van der Waals surface area contributed by atoms with Gasteiger partial charge in [0, 0.05) is 29.7 Å². The van der Waals surface area contributed by atoms with E-state index in [1.54, 1.807) is 4.90 Å². The second-order valence-corrected chi connectivity index (χ2v) is 8.03. The van der Waals surface area contributed by atoms with Crippen LogP contribution in [0.5, 0.6) is 0 Å². The summed E-state index contributed by atoms with van der Waals surface area (Å²) in [5, 5.41) is 1.14. The molecule has 2 heterocycles. The number of nitrogens with zero attached hydrogens (tertiary/aromatic N) is 2. The molecule has 3 nitrogen and oxygen atoms in total. The summed E-state index contributed by atoms with van der Waals surface area (Å²) in [6.45, 7) is 2.01. The standard InChI is InChI=1S/C21H18N2OS2/c1-14(15-8-4-3-5-9-15)23-20(24)19(26-21(23)25)12-16-13-22(2)18-11-7-6-10-17(16)18/h3-14H,1-2H3/b19-12-. The van der Waals surface area contributed by atoms with Crippen LogP contribution in [0.3, 0.4) is 0 Å². The summed E-state index contributed by atoms with van der Waals surface area (Å²) in [4.78, 5) is 15.4. The molecule has 0 bridgehead atoms. The molecule has 1 fully saturated rings. The number of aromatic nitrogens is 1. The van der Waals surface area contributed by atoms with Gasteiger partial charge in [-0.25, -0.2) is 0 Å². The average molecular weight is 379 g/mol. The minimum atomic E-state index is -0.0814. The summed E-state index contributed by atoms with van der Waals surface area (Å²) in [6, 6.07) is 18.1. The van der Waals surface area contributed by atoms with Crippen molar-refractivity contribution in [3.05, 3.63) is 76.8 Å². The zero-order valence-corrected chi connectivity index (χ0v) is 16.2. The number of rotatable bonds is 3. The van der Waals surface area contributed by atoms with Crippen molar-refractivity contribution < 1.29 is 4.79 Å². The summed E-state index contributed by atoms with van der Waals surface area (Å²) in [6.07, 6.45) is 4.01. The Balaban J connectivity index is 1.70. The Bertz CT molecular complexity index is 1040. The molecule has 4 rings (SSSR count). The Morgan fingerprint density at radius 3 is 2.54 bits per heavy atom. The number of fused-ring (bicyclic) bond motifs is 1. The molecule has 0 aliphatic carbocycles. The Labute approximate surface area is 162 Å². The zero-order valence-electron chi connectivity index (χ0n) is 14.5. The average Bonchev–Trinajstić information content (AvgIpc) is 3.12. The highest BCUT2D eigenvalue weighted by molar-refractivity contribution is 8.26. The van der Waals surface area contributed by atoms with Crippen LogP contribution < -0.4 is 0 Å². The maximum atomic E-state index is 13.0. The van der Waals surface area contributed by atoms with E-state index in [1.807, 2.05) is 62.5 Å². The second-order valence-electron chi connectivity index (χ2n) is 6.35. The predicted octanol–water partition coefficient (Wildman–Crippen LogP) is 5.14. The quantitative estimate of drug-likeness (QED) is 0.466. The van der Waals surface area contributed by atoms with Crippen molar-refractivity contribution in [1.29, 1.82) is 0 Å². The number of amides is 1. The van der Waals surface area contributed by atoms with Gasteiger partial charge >= 0.3 is 0 Å². The summed E-state index contributed by atoms with van der Waals surface area (Å²) in [5.41, 5.74) is 3.26. The van der Waals surface area contributed by atoms with Crippen molar-refractivity contribution in [2.24, 2.45) is 7.05 Å². The Hall–Kier alpha value is -2.37. The molecule has 0 radical (unpaired) electrons. The number of aryl methyl sites for hydroxylation is 1. The highest BCUT2D eigenvalue weighted by Gasteiger charge is 2.36. The number of carbonyl (C=O) groups excluding carboxylic acids is 1. The monoisotopic (exact) mass is 378 g/mol. The fraction of sp³-hybridized carbons (Fsp3) is 0.143. The molecule has 0 N–H and O–H groups in total. The molecule has 1 amide bonds. The summed E-state index contributed by atoms with van der Waals surface area (Å²) in [7, 11) is 2.02. The first-order chi connectivity index (χ1) is 12.6. The molecule has 1 aliphatic heterocycles. The van der Waals surface area contributed by atoms with Gasteiger partial charge in [0.25, 0.3) is 5.91 Å². The van der Waals surface area contributed by atoms with Crippen molar-refractivity contribution in [1.82, 2.24) is 9.47 Å². The minimum Gasteiger partial charge on any atom is -0.350 e. The van der Waals surface area contributed by atoms with Gasteiger partial charge in [0.15, 0.2) is 0 Å². The number of thiocarbonyl (C=S) groups is 1. The molecule has 5 heteroatoms. The van der Waals surface area contributed by atoms with Gasteiger partial charge in [0.2, 0.25) is 0 Å². The lowest BCUT2D eigenvalue weighted by atomic mass is 10.1.